The molecule has 0 amide bonds. The van der Waals surface area contributed by atoms with Crippen molar-refractivity contribution in [2.75, 3.05) is 6.61 Å². The lowest BCUT2D eigenvalue weighted by Gasteiger charge is -2.10. The summed E-state index contributed by atoms with van der Waals surface area (Å²) >= 11 is 0. The highest BCUT2D eigenvalue weighted by Crippen LogP contribution is 2.15. The molecule has 0 saturated heterocycles. The molecule has 0 bridgehead atoms. The molecule has 0 fully saturated rings. The summed E-state index contributed by atoms with van der Waals surface area (Å²) in [6.07, 6.45) is 7.98. The van der Waals surface area contributed by atoms with Crippen LogP contribution in [0.5, 0.6) is 0 Å². The lowest BCUT2D eigenvalue weighted by molar-refractivity contribution is -0.143. The zero-order chi connectivity index (χ0) is 11.5. The van der Waals surface area contributed by atoms with Crippen molar-refractivity contribution in [2.24, 2.45) is 5.92 Å². The molecule has 2 heteroatoms. The zero-order valence-corrected chi connectivity index (χ0v) is 10.6. The number of carbonyl (C=O) groups excluding carboxylic acids is 1. The first-order valence-corrected chi connectivity index (χ1v) is 6.36. The first kappa shape index (κ1) is 14.5. The van der Waals surface area contributed by atoms with Crippen molar-refractivity contribution in [1.82, 2.24) is 0 Å². The van der Waals surface area contributed by atoms with E-state index in [1.807, 2.05) is 6.92 Å². The van der Waals surface area contributed by atoms with Gasteiger partial charge < -0.3 is 4.74 Å². The van der Waals surface area contributed by atoms with Gasteiger partial charge in [-0.05, 0) is 19.3 Å². The van der Waals surface area contributed by atoms with Gasteiger partial charge in [-0.2, -0.15) is 0 Å². The van der Waals surface area contributed by atoms with Gasteiger partial charge in [0.15, 0.2) is 0 Å². The third kappa shape index (κ3) is 9.77. The molecule has 15 heavy (non-hydrogen) atoms. The molecule has 0 aromatic heterocycles. The van der Waals surface area contributed by atoms with Crippen LogP contribution in [0, 0.1) is 5.92 Å². The molecule has 0 saturated carbocycles. The molecule has 0 aliphatic heterocycles. The number of hydrogen-bond acceptors (Lipinski definition) is 2. The van der Waals surface area contributed by atoms with E-state index in [0.717, 1.165) is 18.8 Å². The van der Waals surface area contributed by atoms with Gasteiger partial charge in [-0.15, -0.1) is 0 Å². The van der Waals surface area contributed by atoms with E-state index in [1.54, 1.807) is 0 Å². The zero-order valence-electron chi connectivity index (χ0n) is 10.6. The summed E-state index contributed by atoms with van der Waals surface area (Å²) in [7, 11) is 0. The van der Waals surface area contributed by atoms with Crippen LogP contribution < -0.4 is 0 Å². The Labute approximate surface area is 94.4 Å². The second-order valence-corrected chi connectivity index (χ2v) is 4.30. The summed E-state index contributed by atoms with van der Waals surface area (Å²) in [6, 6.07) is 0. The van der Waals surface area contributed by atoms with Crippen LogP contribution in [0.2, 0.25) is 0 Å². The minimum Gasteiger partial charge on any atom is -0.466 e. The summed E-state index contributed by atoms with van der Waals surface area (Å²) < 4.78 is 4.88. The molecule has 0 aromatic rings. The van der Waals surface area contributed by atoms with Gasteiger partial charge in [-0.1, -0.05) is 46.0 Å². The molecule has 0 heterocycles. The summed E-state index contributed by atoms with van der Waals surface area (Å²) in [5.41, 5.74) is 0. The van der Waals surface area contributed by atoms with Gasteiger partial charge >= 0.3 is 5.97 Å². The van der Waals surface area contributed by atoms with Crippen molar-refractivity contribution in [3.8, 4) is 0 Å². The van der Waals surface area contributed by atoms with E-state index >= 15 is 0 Å². The Balaban J connectivity index is 3.30. The predicted molar refractivity (Wildman–Crippen MR) is 63.8 cm³/mol. The highest BCUT2D eigenvalue weighted by Gasteiger charge is 2.05. The molecule has 0 N–H and O–H groups in total. The molecule has 0 spiro atoms. The molecular weight excluding hydrogens is 188 g/mol. The van der Waals surface area contributed by atoms with E-state index in [9.17, 15) is 4.79 Å². The standard InChI is InChI=1S/C13H26O2/c1-4-6-7-9-12(3)10-8-11-13(14)15-5-2/h12H,4-11H2,1-3H3/t12-/m0/s1. The Bertz CT molecular complexity index is 155. The summed E-state index contributed by atoms with van der Waals surface area (Å²) in [5, 5.41) is 0. The molecule has 0 aliphatic carbocycles. The fourth-order valence-corrected chi connectivity index (χ4v) is 1.72. The first-order valence-electron chi connectivity index (χ1n) is 6.36. The second-order valence-electron chi connectivity index (χ2n) is 4.30. The van der Waals surface area contributed by atoms with Gasteiger partial charge in [0.05, 0.1) is 6.61 Å². The van der Waals surface area contributed by atoms with Gasteiger partial charge in [0, 0.05) is 6.42 Å². The maximum absolute atomic E-state index is 11.1. The average Bonchev–Trinajstić information content (AvgIpc) is 2.18. The summed E-state index contributed by atoms with van der Waals surface area (Å²) in [4.78, 5) is 11.1. The van der Waals surface area contributed by atoms with Crippen LogP contribution in [-0.2, 0) is 9.53 Å². The number of ether oxygens (including phenoxy) is 1. The lowest BCUT2D eigenvalue weighted by atomic mass is 9.97. The number of hydrogen-bond donors (Lipinski definition) is 0. The molecule has 0 unspecified atom stereocenters. The van der Waals surface area contributed by atoms with E-state index in [1.165, 1.54) is 25.7 Å². The monoisotopic (exact) mass is 214 g/mol. The van der Waals surface area contributed by atoms with Crippen molar-refractivity contribution in [3.63, 3.8) is 0 Å². The van der Waals surface area contributed by atoms with Crippen LogP contribution in [-0.4, -0.2) is 12.6 Å². The van der Waals surface area contributed by atoms with E-state index in [0.29, 0.717) is 13.0 Å². The lowest BCUT2D eigenvalue weighted by Crippen LogP contribution is -2.04. The normalized spacial score (nSPS) is 12.5. The summed E-state index contributed by atoms with van der Waals surface area (Å²) in [6.45, 7) is 6.86. The van der Waals surface area contributed by atoms with Gasteiger partial charge in [-0.3, -0.25) is 4.79 Å². The minimum atomic E-state index is -0.0433. The molecule has 0 aromatic carbocycles. The molecular formula is C13H26O2. The van der Waals surface area contributed by atoms with Crippen molar-refractivity contribution in [2.45, 2.75) is 65.7 Å². The van der Waals surface area contributed by atoms with E-state index < -0.39 is 0 Å². The summed E-state index contributed by atoms with van der Waals surface area (Å²) in [5.74, 6) is 0.712. The molecule has 0 radical (unpaired) electrons. The SMILES string of the molecule is CCCCC[C@H](C)CCCC(=O)OCC. The highest BCUT2D eigenvalue weighted by molar-refractivity contribution is 5.69. The number of unbranched alkanes of at least 4 members (excludes halogenated alkanes) is 2. The van der Waals surface area contributed by atoms with Crippen LogP contribution in [0.15, 0.2) is 0 Å². The molecule has 0 aliphatic rings. The Morgan fingerprint density at radius 3 is 2.40 bits per heavy atom. The maximum Gasteiger partial charge on any atom is 0.305 e. The van der Waals surface area contributed by atoms with E-state index in [2.05, 4.69) is 13.8 Å². The van der Waals surface area contributed by atoms with Gasteiger partial charge in [0.25, 0.3) is 0 Å². The van der Waals surface area contributed by atoms with Crippen molar-refractivity contribution in [3.05, 3.63) is 0 Å². The molecule has 90 valence electrons. The predicted octanol–water partition coefficient (Wildman–Crippen LogP) is 3.94. The minimum absolute atomic E-state index is 0.0433. The van der Waals surface area contributed by atoms with Crippen molar-refractivity contribution < 1.29 is 9.53 Å². The van der Waals surface area contributed by atoms with Crippen LogP contribution in [0.1, 0.15) is 65.7 Å². The fraction of sp³-hybridized carbons (Fsp3) is 0.923. The van der Waals surface area contributed by atoms with E-state index in [4.69, 9.17) is 4.74 Å². The second kappa shape index (κ2) is 10.0. The number of esters is 1. The first-order chi connectivity index (χ1) is 7.20. The quantitative estimate of drug-likeness (QED) is 0.429. The third-order valence-corrected chi connectivity index (χ3v) is 2.68. The van der Waals surface area contributed by atoms with Crippen LogP contribution in [0.3, 0.4) is 0 Å². The van der Waals surface area contributed by atoms with Crippen LogP contribution in [0.25, 0.3) is 0 Å². The topological polar surface area (TPSA) is 26.3 Å². The van der Waals surface area contributed by atoms with Crippen molar-refractivity contribution in [1.29, 1.82) is 0 Å². The van der Waals surface area contributed by atoms with E-state index in [-0.39, 0.29) is 5.97 Å². The van der Waals surface area contributed by atoms with Gasteiger partial charge in [0.1, 0.15) is 0 Å². The largest absolute Gasteiger partial charge is 0.466 e. The Hall–Kier alpha value is -0.530. The molecule has 1 atom stereocenters. The van der Waals surface area contributed by atoms with Crippen LogP contribution >= 0.6 is 0 Å². The van der Waals surface area contributed by atoms with Crippen LogP contribution in [0.4, 0.5) is 0 Å². The highest BCUT2D eigenvalue weighted by atomic mass is 16.5. The van der Waals surface area contributed by atoms with Gasteiger partial charge in [-0.25, -0.2) is 0 Å². The Morgan fingerprint density at radius 2 is 1.80 bits per heavy atom. The van der Waals surface area contributed by atoms with Crippen molar-refractivity contribution >= 4 is 5.97 Å². The maximum atomic E-state index is 11.1. The molecule has 0 rings (SSSR count). The van der Waals surface area contributed by atoms with Gasteiger partial charge in [0.2, 0.25) is 0 Å². The fourth-order valence-electron chi connectivity index (χ4n) is 1.72. The Kier molecular flexibility index (Phi) is 9.65. The number of rotatable bonds is 9. The number of carbonyl (C=O) groups is 1. The average molecular weight is 214 g/mol. The smallest absolute Gasteiger partial charge is 0.305 e. The Morgan fingerprint density at radius 1 is 1.13 bits per heavy atom. The molecule has 2 nitrogen and oxygen atoms in total. The third-order valence-electron chi connectivity index (χ3n) is 2.68.